The fourth-order valence-electron chi connectivity index (χ4n) is 3.12. The Morgan fingerprint density at radius 1 is 1.32 bits per heavy atom. The lowest BCUT2D eigenvalue weighted by Crippen LogP contribution is -2.28. The minimum Gasteiger partial charge on any atom is -0.462 e. The van der Waals surface area contributed by atoms with E-state index in [0.717, 1.165) is 29.7 Å². The zero-order valence-corrected chi connectivity index (χ0v) is 12.4. The molecule has 0 aliphatic carbocycles. The average Bonchev–Trinajstić information content (AvgIpc) is 2.93. The molecule has 0 atom stereocenters. The van der Waals surface area contributed by atoms with Crippen LogP contribution in [-0.4, -0.2) is 24.0 Å². The standard InChI is InChI=1S/C18H16N2O2/c1-2-22-18(21)12-7-8-16-17-14(9-10-20(16)11-12)13-5-3-4-6-15(13)19-17/h3-8,11H,2,9-10H2,1H3. The van der Waals surface area contributed by atoms with Crippen LogP contribution in [0.3, 0.4) is 0 Å². The number of carbonyl (C=O) groups is 1. The van der Waals surface area contributed by atoms with E-state index in [0.29, 0.717) is 12.2 Å². The van der Waals surface area contributed by atoms with Gasteiger partial charge in [0.25, 0.3) is 0 Å². The third kappa shape index (κ3) is 1.91. The lowest BCUT2D eigenvalue weighted by atomic mass is 9.98. The second-order valence-electron chi connectivity index (χ2n) is 5.42. The van der Waals surface area contributed by atoms with Gasteiger partial charge in [-0.3, -0.25) is 0 Å². The van der Waals surface area contributed by atoms with E-state index in [9.17, 15) is 4.79 Å². The largest absolute Gasteiger partial charge is 0.462 e. The number of para-hydroxylation sites is 1. The van der Waals surface area contributed by atoms with Crippen LogP contribution in [-0.2, 0) is 9.53 Å². The van der Waals surface area contributed by atoms with Crippen molar-refractivity contribution < 1.29 is 9.53 Å². The molecule has 0 spiro atoms. The van der Waals surface area contributed by atoms with Gasteiger partial charge in [0.15, 0.2) is 0 Å². The maximum atomic E-state index is 11.9. The van der Waals surface area contributed by atoms with Gasteiger partial charge in [-0.1, -0.05) is 18.2 Å². The van der Waals surface area contributed by atoms with E-state index in [1.54, 1.807) is 0 Å². The van der Waals surface area contributed by atoms with E-state index in [1.165, 1.54) is 10.8 Å². The van der Waals surface area contributed by atoms with Crippen LogP contribution >= 0.6 is 0 Å². The summed E-state index contributed by atoms with van der Waals surface area (Å²) in [6.45, 7) is 3.06. The minimum absolute atomic E-state index is 0.274. The molecule has 0 unspecified atom stereocenters. The highest BCUT2D eigenvalue weighted by Gasteiger charge is 2.27. The third-order valence-corrected chi connectivity index (χ3v) is 4.13. The first-order valence-electron chi connectivity index (χ1n) is 7.53. The number of fused-ring (bicyclic) bond motifs is 3. The van der Waals surface area contributed by atoms with Crippen molar-refractivity contribution in [2.45, 2.75) is 13.3 Å². The molecule has 0 bridgehead atoms. The van der Waals surface area contributed by atoms with Crippen LogP contribution in [0.2, 0.25) is 0 Å². The molecule has 0 N–H and O–H groups in total. The fraction of sp³-hybridized carbons (Fsp3) is 0.222. The number of hydrogen-bond donors (Lipinski definition) is 0. The number of nitrogens with zero attached hydrogens (tertiary/aromatic N) is 2. The molecule has 1 aromatic carbocycles. The molecule has 0 radical (unpaired) electrons. The number of rotatable bonds is 2. The van der Waals surface area contributed by atoms with Gasteiger partial charge in [0.1, 0.15) is 0 Å². The summed E-state index contributed by atoms with van der Waals surface area (Å²) in [4.78, 5) is 18.7. The first-order chi connectivity index (χ1) is 10.8. The number of hydrogen-bond acceptors (Lipinski definition) is 4. The van der Waals surface area contributed by atoms with Gasteiger partial charge in [-0.2, -0.15) is 0 Å². The fourth-order valence-corrected chi connectivity index (χ4v) is 3.12. The highest BCUT2D eigenvalue weighted by molar-refractivity contribution is 5.92. The molecule has 22 heavy (non-hydrogen) atoms. The van der Waals surface area contributed by atoms with Gasteiger partial charge in [0.05, 0.1) is 28.9 Å². The summed E-state index contributed by atoms with van der Waals surface area (Å²) in [5.41, 5.74) is 3.98. The van der Waals surface area contributed by atoms with Crippen LogP contribution in [0.4, 0.5) is 0 Å². The summed E-state index contributed by atoms with van der Waals surface area (Å²) >= 11 is 0. The van der Waals surface area contributed by atoms with Gasteiger partial charge < -0.3 is 9.64 Å². The Bertz CT molecular complexity index is 875. The topological polar surface area (TPSA) is 41.9 Å². The third-order valence-electron chi connectivity index (χ3n) is 4.13. The quantitative estimate of drug-likeness (QED) is 0.774. The maximum absolute atomic E-state index is 11.9. The van der Waals surface area contributed by atoms with E-state index in [4.69, 9.17) is 9.73 Å². The predicted molar refractivity (Wildman–Crippen MR) is 82.8 cm³/mol. The first kappa shape index (κ1) is 13.1. The number of allylic oxidation sites excluding steroid dienone is 2. The smallest absolute Gasteiger partial charge is 0.339 e. The molecule has 4 nitrogen and oxygen atoms in total. The van der Waals surface area contributed by atoms with Crippen molar-refractivity contribution >= 4 is 11.5 Å². The molecule has 0 amide bonds. The molecule has 110 valence electrons. The van der Waals surface area contributed by atoms with Crippen molar-refractivity contribution in [2.75, 3.05) is 13.2 Å². The number of benzene rings is 1. The van der Waals surface area contributed by atoms with Crippen LogP contribution in [0, 0.1) is 0 Å². The van der Waals surface area contributed by atoms with Crippen molar-refractivity contribution in [1.82, 2.24) is 4.90 Å². The molecule has 0 aromatic heterocycles. The van der Waals surface area contributed by atoms with E-state index in [1.807, 2.05) is 37.4 Å². The van der Waals surface area contributed by atoms with Crippen molar-refractivity contribution in [3.63, 3.8) is 0 Å². The molecule has 0 saturated heterocycles. The lowest BCUT2D eigenvalue weighted by molar-refractivity contribution is -0.138. The van der Waals surface area contributed by atoms with Crippen LogP contribution in [0.15, 0.2) is 64.6 Å². The van der Waals surface area contributed by atoms with Gasteiger partial charge in [0, 0.05) is 18.0 Å². The monoisotopic (exact) mass is 292 g/mol. The molecule has 0 fully saturated rings. The van der Waals surface area contributed by atoms with Crippen molar-refractivity contribution in [3.05, 3.63) is 70.2 Å². The second-order valence-corrected chi connectivity index (χ2v) is 5.42. The molecule has 1 aromatic rings. The highest BCUT2D eigenvalue weighted by atomic mass is 16.5. The summed E-state index contributed by atoms with van der Waals surface area (Å²) < 4.78 is 5.07. The Labute approximate surface area is 128 Å². The molecule has 4 rings (SSSR count). The summed E-state index contributed by atoms with van der Waals surface area (Å²) in [6, 6.07) is 8.24. The molecular formula is C18H16N2O2. The second kappa shape index (κ2) is 4.98. The van der Waals surface area contributed by atoms with Crippen LogP contribution < -0.4 is 10.6 Å². The SMILES string of the molecule is CCOC(=O)C1=CN2CCC3=c4ccccc4=NC3=C2C=C1. The maximum Gasteiger partial charge on any atom is 0.339 e. The molecule has 0 saturated carbocycles. The van der Waals surface area contributed by atoms with Gasteiger partial charge >= 0.3 is 5.97 Å². The molecular weight excluding hydrogens is 276 g/mol. The summed E-state index contributed by atoms with van der Waals surface area (Å²) in [6.07, 6.45) is 6.59. The molecule has 4 heteroatoms. The van der Waals surface area contributed by atoms with Crippen molar-refractivity contribution in [1.29, 1.82) is 0 Å². The average molecular weight is 292 g/mol. The van der Waals surface area contributed by atoms with E-state index >= 15 is 0 Å². The number of ether oxygens (including phenoxy) is 1. The van der Waals surface area contributed by atoms with Crippen LogP contribution in [0.1, 0.15) is 13.3 Å². The number of carbonyl (C=O) groups excluding carboxylic acids is 1. The van der Waals surface area contributed by atoms with E-state index in [-0.39, 0.29) is 5.97 Å². The van der Waals surface area contributed by atoms with E-state index in [2.05, 4.69) is 17.0 Å². The molecule has 3 heterocycles. The Kier molecular flexibility index (Phi) is 2.96. The Morgan fingerprint density at radius 2 is 2.18 bits per heavy atom. The van der Waals surface area contributed by atoms with Gasteiger partial charge in [0.2, 0.25) is 0 Å². The van der Waals surface area contributed by atoms with Crippen molar-refractivity contribution in [2.24, 2.45) is 4.99 Å². The highest BCUT2D eigenvalue weighted by Crippen LogP contribution is 2.33. The Morgan fingerprint density at radius 3 is 3.05 bits per heavy atom. The van der Waals surface area contributed by atoms with E-state index < -0.39 is 0 Å². The Balaban J connectivity index is 1.78. The normalized spacial score (nSPS) is 18.3. The minimum atomic E-state index is -0.274. The van der Waals surface area contributed by atoms with Crippen molar-refractivity contribution in [3.8, 4) is 0 Å². The first-order valence-corrected chi connectivity index (χ1v) is 7.53. The molecule has 3 aliphatic rings. The zero-order valence-electron chi connectivity index (χ0n) is 12.4. The molecule has 3 aliphatic heterocycles. The van der Waals surface area contributed by atoms with Gasteiger partial charge in [-0.25, -0.2) is 9.79 Å². The van der Waals surface area contributed by atoms with Crippen LogP contribution in [0.5, 0.6) is 0 Å². The lowest BCUT2D eigenvalue weighted by Gasteiger charge is -2.31. The Hall–Kier alpha value is -2.62. The van der Waals surface area contributed by atoms with Gasteiger partial charge in [-0.05, 0) is 37.1 Å². The van der Waals surface area contributed by atoms with Gasteiger partial charge in [-0.15, -0.1) is 0 Å². The summed E-state index contributed by atoms with van der Waals surface area (Å²) in [5, 5.41) is 2.27. The zero-order chi connectivity index (χ0) is 15.1. The van der Waals surface area contributed by atoms with Crippen LogP contribution in [0.25, 0.3) is 5.57 Å². The number of esters is 1. The predicted octanol–water partition coefficient (Wildman–Crippen LogP) is 1.40. The summed E-state index contributed by atoms with van der Waals surface area (Å²) in [5.74, 6) is -0.274. The summed E-state index contributed by atoms with van der Waals surface area (Å²) in [7, 11) is 0.